The van der Waals surface area contributed by atoms with E-state index < -0.39 is 5.60 Å². The van der Waals surface area contributed by atoms with Gasteiger partial charge in [0.1, 0.15) is 5.75 Å². The third-order valence-electron chi connectivity index (χ3n) is 1.85. The normalized spacial score (nSPS) is 11.5. The highest BCUT2D eigenvalue weighted by Gasteiger charge is 2.14. The highest BCUT2D eigenvalue weighted by molar-refractivity contribution is 6.32. The average molecular weight is 215 g/mol. The first-order valence-corrected chi connectivity index (χ1v) is 4.85. The van der Waals surface area contributed by atoms with Crippen LogP contribution in [-0.4, -0.2) is 17.8 Å². The predicted octanol–water partition coefficient (Wildman–Crippen LogP) is 2.66. The lowest BCUT2D eigenvalue weighted by atomic mass is 9.99. The van der Waals surface area contributed by atoms with Gasteiger partial charge in [-0.15, -0.1) is 0 Å². The molecular weight excluding hydrogens is 200 g/mol. The van der Waals surface area contributed by atoms with Crippen LogP contribution in [0.1, 0.15) is 19.4 Å². The number of methoxy groups -OCH3 is 1. The Kier molecular flexibility index (Phi) is 3.40. The molecule has 0 unspecified atom stereocenters. The van der Waals surface area contributed by atoms with Gasteiger partial charge in [-0.25, -0.2) is 0 Å². The fourth-order valence-electron chi connectivity index (χ4n) is 1.31. The molecule has 0 heterocycles. The first-order valence-electron chi connectivity index (χ1n) is 4.47. The van der Waals surface area contributed by atoms with E-state index in [0.717, 1.165) is 5.56 Å². The lowest BCUT2D eigenvalue weighted by Gasteiger charge is -2.17. The molecule has 0 amide bonds. The van der Waals surface area contributed by atoms with E-state index in [2.05, 4.69) is 0 Å². The first-order chi connectivity index (χ1) is 6.42. The van der Waals surface area contributed by atoms with Crippen LogP contribution >= 0.6 is 11.6 Å². The zero-order chi connectivity index (χ0) is 10.8. The Balaban J connectivity index is 2.90. The van der Waals surface area contributed by atoms with Crippen LogP contribution in [0, 0.1) is 0 Å². The molecule has 0 aliphatic carbocycles. The van der Waals surface area contributed by atoms with Crippen molar-refractivity contribution in [3.63, 3.8) is 0 Å². The zero-order valence-electron chi connectivity index (χ0n) is 8.67. The summed E-state index contributed by atoms with van der Waals surface area (Å²) in [7, 11) is 1.58. The second-order valence-electron chi connectivity index (χ2n) is 3.96. The molecule has 1 rings (SSSR count). The smallest absolute Gasteiger partial charge is 0.137 e. The Morgan fingerprint density at radius 2 is 2.07 bits per heavy atom. The van der Waals surface area contributed by atoms with Gasteiger partial charge in [0.05, 0.1) is 17.7 Å². The monoisotopic (exact) mass is 214 g/mol. The molecule has 0 aliphatic rings. The maximum absolute atomic E-state index is 9.63. The van der Waals surface area contributed by atoms with E-state index in [0.29, 0.717) is 17.2 Å². The first kappa shape index (κ1) is 11.3. The molecule has 0 saturated carbocycles. The fraction of sp³-hybridized carbons (Fsp3) is 0.455. The van der Waals surface area contributed by atoms with Gasteiger partial charge in [-0.2, -0.15) is 0 Å². The molecule has 0 fully saturated rings. The SMILES string of the molecule is COc1cc(CC(C)(C)O)ccc1Cl. The van der Waals surface area contributed by atoms with Crippen molar-refractivity contribution in [1.29, 1.82) is 0 Å². The predicted molar refractivity (Wildman–Crippen MR) is 58.0 cm³/mol. The van der Waals surface area contributed by atoms with Crippen LogP contribution in [0.3, 0.4) is 0 Å². The lowest BCUT2D eigenvalue weighted by Crippen LogP contribution is -2.21. The second kappa shape index (κ2) is 4.20. The topological polar surface area (TPSA) is 29.5 Å². The van der Waals surface area contributed by atoms with Gasteiger partial charge < -0.3 is 9.84 Å². The maximum Gasteiger partial charge on any atom is 0.137 e. The Hall–Kier alpha value is -0.730. The van der Waals surface area contributed by atoms with Crippen molar-refractivity contribution >= 4 is 11.6 Å². The third-order valence-corrected chi connectivity index (χ3v) is 2.16. The molecular formula is C11H15ClO2. The van der Waals surface area contributed by atoms with Crippen molar-refractivity contribution in [2.75, 3.05) is 7.11 Å². The van der Waals surface area contributed by atoms with Gasteiger partial charge in [-0.1, -0.05) is 17.7 Å². The number of hydrogen-bond donors (Lipinski definition) is 1. The van der Waals surface area contributed by atoms with E-state index >= 15 is 0 Å². The maximum atomic E-state index is 9.63. The van der Waals surface area contributed by atoms with E-state index in [9.17, 15) is 5.11 Å². The molecule has 1 N–H and O–H groups in total. The van der Waals surface area contributed by atoms with Crippen LogP contribution in [-0.2, 0) is 6.42 Å². The molecule has 1 aromatic rings. The van der Waals surface area contributed by atoms with E-state index in [1.54, 1.807) is 27.0 Å². The summed E-state index contributed by atoms with van der Waals surface area (Å²) in [5.74, 6) is 0.647. The van der Waals surface area contributed by atoms with Gasteiger partial charge in [0.15, 0.2) is 0 Å². The molecule has 14 heavy (non-hydrogen) atoms. The fourth-order valence-corrected chi connectivity index (χ4v) is 1.51. The zero-order valence-corrected chi connectivity index (χ0v) is 9.43. The van der Waals surface area contributed by atoms with Crippen molar-refractivity contribution in [3.05, 3.63) is 28.8 Å². The minimum atomic E-state index is -0.709. The minimum Gasteiger partial charge on any atom is -0.495 e. The summed E-state index contributed by atoms with van der Waals surface area (Å²) in [6, 6.07) is 5.52. The number of benzene rings is 1. The van der Waals surface area contributed by atoms with Crippen LogP contribution in [0.25, 0.3) is 0 Å². The average Bonchev–Trinajstić information content (AvgIpc) is 2.06. The van der Waals surface area contributed by atoms with E-state index in [1.807, 2.05) is 12.1 Å². The Labute approximate surface area is 89.5 Å². The summed E-state index contributed by atoms with van der Waals surface area (Å²) < 4.78 is 5.09. The summed E-state index contributed by atoms with van der Waals surface area (Å²) in [5.41, 5.74) is 0.303. The summed E-state index contributed by atoms with van der Waals surface area (Å²) in [6.45, 7) is 3.54. The number of rotatable bonds is 3. The standard InChI is InChI=1S/C11H15ClO2/c1-11(2,13)7-8-4-5-9(12)10(6-8)14-3/h4-6,13H,7H2,1-3H3. The Morgan fingerprint density at radius 1 is 1.43 bits per heavy atom. The highest BCUT2D eigenvalue weighted by atomic mass is 35.5. The highest BCUT2D eigenvalue weighted by Crippen LogP contribution is 2.26. The third kappa shape index (κ3) is 3.20. The van der Waals surface area contributed by atoms with Crippen LogP contribution in [0.4, 0.5) is 0 Å². The van der Waals surface area contributed by atoms with E-state index in [-0.39, 0.29) is 0 Å². The number of aliphatic hydroxyl groups is 1. The van der Waals surface area contributed by atoms with Gasteiger partial charge in [-0.3, -0.25) is 0 Å². The number of hydrogen-bond acceptors (Lipinski definition) is 2. The summed E-state index contributed by atoms with van der Waals surface area (Å²) in [4.78, 5) is 0. The summed E-state index contributed by atoms with van der Waals surface area (Å²) in [6.07, 6.45) is 0.584. The Morgan fingerprint density at radius 3 is 2.57 bits per heavy atom. The van der Waals surface area contributed by atoms with Crippen molar-refractivity contribution in [1.82, 2.24) is 0 Å². The number of halogens is 1. The molecule has 0 saturated heterocycles. The lowest BCUT2D eigenvalue weighted by molar-refractivity contribution is 0.0809. The minimum absolute atomic E-state index is 0.584. The summed E-state index contributed by atoms with van der Waals surface area (Å²) in [5, 5.41) is 10.2. The van der Waals surface area contributed by atoms with E-state index in [1.165, 1.54) is 0 Å². The Bertz CT molecular complexity index is 316. The van der Waals surface area contributed by atoms with Gasteiger partial charge >= 0.3 is 0 Å². The van der Waals surface area contributed by atoms with Gasteiger partial charge in [0.25, 0.3) is 0 Å². The second-order valence-corrected chi connectivity index (χ2v) is 4.37. The largest absolute Gasteiger partial charge is 0.495 e. The molecule has 3 heteroatoms. The molecule has 0 atom stereocenters. The van der Waals surface area contributed by atoms with Crippen molar-refractivity contribution in [3.8, 4) is 5.75 Å². The van der Waals surface area contributed by atoms with Crippen LogP contribution in [0.5, 0.6) is 5.75 Å². The molecule has 0 radical (unpaired) electrons. The van der Waals surface area contributed by atoms with Crippen LogP contribution < -0.4 is 4.74 Å². The van der Waals surface area contributed by atoms with E-state index in [4.69, 9.17) is 16.3 Å². The van der Waals surface area contributed by atoms with Crippen molar-refractivity contribution in [2.45, 2.75) is 25.9 Å². The van der Waals surface area contributed by atoms with Crippen LogP contribution in [0.2, 0.25) is 5.02 Å². The molecule has 2 nitrogen and oxygen atoms in total. The molecule has 0 spiro atoms. The molecule has 0 aromatic heterocycles. The number of ether oxygens (including phenoxy) is 1. The van der Waals surface area contributed by atoms with Gasteiger partial charge in [0.2, 0.25) is 0 Å². The van der Waals surface area contributed by atoms with Gasteiger partial charge in [0, 0.05) is 6.42 Å². The van der Waals surface area contributed by atoms with Crippen molar-refractivity contribution in [2.24, 2.45) is 0 Å². The van der Waals surface area contributed by atoms with Crippen LogP contribution in [0.15, 0.2) is 18.2 Å². The van der Waals surface area contributed by atoms with Gasteiger partial charge in [-0.05, 0) is 31.5 Å². The van der Waals surface area contributed by atoms with Crippen molar-refractivity contribution < 1.29 is 9.84 Å². The molecule has 0 aliphatic heterocycles. The summed E-state index contributed by atoms with van der Waals surface area (Å²) >= 11 is 5.88. The molecule has 0 bridgehead atoms. The molecule has 78 valence electrons. The quantitative estimate of drug-likeness (QED) is 0.839. The molecule has 1 aromatic carbocycles.